The highest BCUT2D eigenvalue weighted by Gasteiger charge is 2.18. The number of rotatable bonds is 4. The summed E-state index contributed by atoms with van der Waals surface area (Å²) in [6, 6.07) is 2.10. The largest absolute Gasteiger partial charge is 0.380 e. The minimum absolute atomic E-state index is 0.249. The molecule has 7 heteroatoms. The molecule has 90 valence electrons. The molecule has 1 aliphatic heterocycles. The maximum Gasteiger partial charge on any atom is 0.247 e. The summed E-state index contributed by atoms with van der Waals surface area (Å²) in [7, 11) is -3.59. The number of ether oxygens (including phenoxy) is 1. The lowest BCUT2D eigenvalue weighted by molar-refractivity contribution is 0.190. The van der Waals surface area contributed by atoms with E-state index in [0.717, 1.165) is 29.9 Å². The van der Waals surface area contributed by atoms with E-state index >= 15 is 0 Å². The Morgan fingerprint density at radius 3 is 3.06 bits per heavy atom. The number of primary sulfonamides is 1. The van der Waals surface area contributed by atoms with Crippen LogP contribution in [-0.2, 0) is 21.3 Å². The molecule has 1 aromatic rings. The molecule has 1 saturated heterocycles. The van der Waals surface area contributed by atoms with Crippen LogP contribution in [-0.4, -0.2) is 27.7 Å². The van der Waals surface area contributed by atoms with Gasteiger partial charge in [0.25, 0.3) is 0 Å². The van der Waals surface area contributed by atoms with Crippen molar-refractivity contribution >= 4 is 21.4 Å². The molecule has 1 fully saturated rings. The molecule has 0 bridgehead atoms. The van der Waals surface area contributed by atoms with Gasteiger partial charge in [-0.15, -0.1) is 11.3 Å². The molecule has 0 aromatic carbocycles. The molecule has 2 rings (SSSR count). The predicted octanol–water partition coefficient (Wildman–Crippen LogP) is 0.274. The third-order valence-electron chi connectivity index (χ3n) is 2.48. The maximum atomic E-state index is 11.2. The Morgan fingerprint density at radius 2 is 2.44 bits per heavy atom. The number of nitrogens with two attached hydrogens (primary N) is 1. The predicted molar refractivity (Wildman–Crippen MR) is 61.8 cm³/mol. The van der Waals surface area contributed by atoms with E-state index in [-0.39, 0.29) is 4.21 Å². The van der Waals surface area contributed by atoms with E-state index in [1.54, 1.807) is 11.4 Å². The van der Waals surface area contributed by atoms with E-state index < -0.39 is 10.0 Å². The first-order valence-electron chi connectivity index (χ1n) is 4.97. The molecule has 1 unspecified atom stereocenters. The Balaban J connectivity index is 2.01. The van der Waals surface area contributed by atoms with Crippen LogP contribution in [0, 0.1) is 0 Å². The normalized spacial score (nSPS) is 21.4. The van der Waals surface area contributed by atoms with Gasteiger partial charge in [0, 0.05) is 19.2 Å². The van der Waals surface area contributed by atoms with Gasteiger partial charge in [-0.1, -0.05) is 0 Å². The minimum Gasteiger partial charge on any atom is -0.380 e. The summed E-state index contributed by atoms with van der Waals surface area (Å²) in [5.41, 5.74) is 0.736. The second-order valence-corrected chi connectivity index (χ2v) is 6.39. The Morgan fingerprint density at radius 1 is 1.62 bits per heavy atom. The minimum atomic E-state index is -3.59. The molecule has 5 nitrogen and oxygen atoms in total. The van der Waals surface area contributed by atoms with E-state index in [1.165, 1.54) is 0 Å². The monoisotopic (exact) mass is 262 g/mol. The highest BCUT2D eigenvalue weighted by molar-refractivity contribution is 7.91. The molecular formula is C9H14N2O3S2. The van der Waals surface area contributed by atoms with Crippen molar-refractivity contribution < 1.29 is 13.2 Å². The molecule has 0 spiro atoms. The molecule has 0 amide bonds. The number of hydrogen-bond donors (Lipinski definition) is 2. The summed E-state index contributed by atoms with van der Waals surface area (Å²) >= 11 is 1.15. The van der Waals surface area contributed by atoms with Gasteiger partial charge in [0.15, 0.2) is 0 Å². The Hall–Kier alpha value is -0.470. The highest BCUT2D eigenvalue weighted by atomic mass is 32.2. The van der Waals surface area contributed by atoms with Gasteiger partial charge >= 0.3 is 0 Å². The summed E-state index contributed by atoms with van der Waals surface area (Å²) in [5.74, 6) is 0. The average Bonchev–Trinajstić information content (AvgIpc) is 2.85. The van der Waals surface area contributed by atoms with Gasteiger partial charge in [-0.25, -0.2) is 13.6 Å². The highest BCUT2D eigenvalue weighted by Crippen LogP contribution is 2.21. The van der Waals surface area contributed by atoms with Crippen LogP contribution >= 0.6 is 11.3 Å². The summed E-state index contributed by atoms with van der Waals surface area (Å²) < 4.78 is 28.0. The van der Waals surface area contributed by atoms with Gasteiger partial charge in [-0.2, -0.15) is 0 Å². The van der Waals surface area contributed by atoms with E-state index in [9.17, 15) is 8.42 Å². The zero-order valence-electron chi connectivity index (χ0n) is 8.68. The third-order valence-corrected chi connectivity index (χ3v) is 4.99. The number of sulfonamides is 1. The van der Waals surface area contributed by atoms with Crippen molar-refractivity contribution in [3.8, 4) is 0 Å². The van der Waals surface area contributed by atoms with E-state index in [1.807, 2.05) is 0 Å². The smallest absolute Gasteiger partial charge is 0.247 e. The first kappa shape index (κ1) is 12.0. The van der Waals surface area contributed by atoms with Crippen molar-refractivity contribution in [1.82, 2.24) is 5.32 Å². The van der Waals surface area contributed by atoms with Gasteiger partial charge in [-0.05, 0) is 23.4 Å². The number of hydrogen-bond acceptors (Lipinski definition) is 5. The molecule has 1 aromatic heterocycles. The van der Waals surface area contributed by atoms with E-state index in [2.05, 4.69) is 5.32 Å². The molecule has 3 N–H and O–H groups in total. The van der Waals surface area contributed by atoms with Crippen LogP contribution in [0.1, 0.15) is 12.0 Å². The van der Waals surface area contributed by atoms with Gasteiger partial charge in [0.05, 0.1) is 6.61 Å². The van der Waals surface area contributed by atoms with Gasteiger partial charge < -0.3 is 10.1 Å². The fraction of sp³-hybridized carbons (Fsp3) is 0.556. The Labute approximate surface area is 98.7 Å². The van der Waals surface area contributed by atoms with Crippen molar-refractivity contribution in [2.45, 2.75) is 23.2 Å². The molecule has 16 heavy (non-hydrogen) atoms. The lowest BCUT2D eigenvalue weighted by Crippen LogP contribution is -2.29. The van der Waals surface area contributed by atoms with Crippen molar-refractivity contribution in [2.75, 3.05) is 13.2 Å². The van der Waals surface area contributed by atoms with Crippen LogP contribution in [0.3, 0.4) is 0 Å². The quantitative estimate of drug-likeness (QED) is 0.816. The topological polar surface area (TPSA) is 81.4 Å². The SMILES string of the molecule is NS(=O)(=O)c1sccc1CNC1CCOC1. The second kappa shape index (κ2) is 4.80. The maximum absolute atomic E-state index is 11.2. The van der Waals surface area contributed by atoms with E-state index in [0.29, 0.717) is 19.2 Å². The van der Waals surface area contributed by atoms with Crippen LogP contribution in [0.5, 0.6) is 0 Å². The van der Waals surface area contributed by atoms with Gasteiger partial charge in [0.2, 0.25) is 10.0 Å². The molecule has 2 heterocycles. The standard InChI is InChI=1S/C9H14N2O3S2/c10-16(12,13)9-7(2-4-15-9)5-11-8-1-3-14-6-8/h2,4,8,11H,1,3,5-6H2,(H2,10,12,13). The summed E-state index contributed by atoms with van der Waals surface area (Å²) in [6.07, 6.45) is 0.967. The van der Waals surface area contributed by atoms with Crippen LogP contribution in [0.25, 0.3) is 0 Å². The van der Waals surface area contributed by atoms with Crippen molar-refractivity contribution in [3.63, 3.8) is 0 Å². The number of nitrogens with one attached hydrogen (secondary N) is 1. The fourth-order valence-corrected chi connectivity index (χ4v) is 3.51. The summed E-state index contributed by atoms with van der Waals surface area (Å²) in [5, 5.41) is 10.1. The fourth-order valence-electron chi connectivity index (χ4n) is 1.65. The van der Waals surface area contributed by atoms with Crippen molar-refractivity contribution in [3.05, 3.63) is 17.0 Å². The lowest BCUT2D eigenvalue weighted by Gasteiger charge is -2.10. The zero-order chi connectivity index (χ0) is 11.6. The third kappa shape index (κ3) is 2.80. The lowest BCUT2D eigenvalue weighted by atomic mass is 10.2. The molecular weight excluding hydrogens is 248 g/mol. The summed E-state index contributed by atoms with van der Waals surface area (Å²) in [4.78, 5) is 0. The molecule has 0 aliphatic carbocycles. The summed E-state index contributed by atoms with van der Waals surface area (Å²) in [6.45, 7) is 1.97. The zero-order valence-corrected chi connectivity index (χ0v) is 10.3. The molecule has 0 saturated carbocycles. The van der Waals surface area contributed by atoms with Gasteiger partial charge in [0.1, 0.15) is 4.21 Å². The molecule has 0 radical (unpaired) electrons. The van der Waals surface area contributed by atoms with Crippen LogP contribution in [0.4, 0.5) is 0 Å². The van der Waals surface area contributed by atoms with Gasteiger partial charge in [-0.3, -0.25) is 0 Å². The molecule has 1 atom stereocenters. The average molecular weight is 262 g/mol. The van der Waals surface area contributed by atoms with Crippen molar-refractivity contribution in [1.29, 1.82) is 0 Å². The molecule has 1 aliphatic rings. The second-order valence-electron chi connectivity index (χ2n) is 3.72. The Bertz CT molecular complexity index is 449. The van der Waals surface area contributed by atoms with Crippen molar-refractivity contribution in [2.24, 2.45) is 5.14 Å². The number of thiophene rings is 1. The van der Waals surface area contributed by atoms with E-state index in [4.69, 9.17) is 9.88 Å². The first-order valence-corrected chi connectivity index (χ1v) is 7.40. The van der Waals surface area contributed by atoms with Crippen LogP contribution < -0.4 is 10.5 Å². The van der Waals surface area contributed by atoms with Crippen LogP contribution in [0.15, 0.2) is 15.7 Å². The van der Waals surface area contributed by atoms with Crippen LogP contribution in [0.2, 0.25) is 0 Å². The Kier molecular flexibility index (Phi) is 3.60. The first-order chi connectivity index (χ1) is 7.57.